The lowest BCUT2D eigenvalue weighted by Crippen LogP contribution is -2.08. The highest BCUT2D eigenvalue weighted by atomic mass is 19.3. The van der Waals surface area contributed by atoms with Gasteiger partial charge in [-0.15, -0.1) is 0 Å². The smallest absolute Gasteiger partial charge is 0.387 e. The van der Waals surface area contributed by atoms with E-state index in [4.69, 9.17) is 0 Å². The molecule has 0 spiro atoms. The first-order chi connectivity index (χ1) is 10.1. The molecule has 4 nitrogen and oxygen atoms in total. The van der Waals surface area contributed by atoms with E-state index in [0.717, 1.165) is 5.56 Å². The van der Waals surface area contributed by atoms with Gasteiger partial charge in [0.25, 0.3) is 0 Å². The molecule has 0 saturated carbocycles. The monoisotopic (exact) mass is 290 g/mol. The Kier molecular flexibility index (Phi) is 4.98. The molecular weight excluding hydrogens is 278 g/mol. The fraction of sp³-hybridized carbons (Fsp3) is 0.0667. The molecule has 0 radical (unpaired) electrons. The molecule has 2 aromatic rings. The summed E-state index contributed by atoms with van der Waals surface area (Å²) in [5.74, 6) is -0.287. The van der Waals surface area contributed by atoms with Crippen LogP contribution in [-0.2, 0) is 4.79 Å². The van der Waals surface area contributed by atoms with Crippen LogP contribution in [0.15, 0.2) is 54.9 Å². The van der Waals surface area contributed by atoms with Crippen LogP contribution in [0.3, 0.4) is 0 Å². The molecular formula is C15H12F2N2O2. The van der Waals surface area contributed by atoms with Crippen molar-refractivity contribution in [2.24, 2.45) is 0 Å². The number of ether oxygens (including phenoxy) is 1. The van der Waals surface area contributed by atoms with Crippen molar-refractivity contribution in [2.45, 2.75) is 6.61 Å². The molecule has 1 N–H and O–H groups in total. The van der Waals surface area contributed by atoms with Crippen LogP contribution in [0.2, 0.25) is 0 Å². The number of hydrogen-bond donors (Lipinski definition) is 1. The number of amides is 1. The number of rotatable bonds is 5. The van der Waals surface area contributed by atoms with Crippen molar-refractivity contribution in [1.29, 1.82) is 0 Å². The number of nitrogens with one attached hydrogen (secondary N) is 1. The van der Waals surface area contributed by atoms with E-state index < -0.39 is 6.61 Å². The molecule has 6 heteroatoms. The summed E-state index contributed by atoms with van der Waals surface area (Å²) in [6, 6.07) is 9.20. The van der Waals surface area contributed by atoms with Crippen LogP contribution in [0.1, 0.15) is 5.56 Å². The summed E-state index contributed by atoms with van der Waals surface area (Å²) in [7, 11) is 0. The Labute approximate surface area is 120 Å². The third-order valence-corrected chi connectivity index (χ3v) is 2.48. The summed E-state index contributed by atoms with van der Waals surface area (Å²) in [5.41, 5.74) is 1.34. The molecule has 0 saturated heterocycles. The third kappa shape index (κ3) is 5.02. The van der Waals surface area contributed by atoms with Crippen LogP contribution in [0.4, 0.5) is 14.5 Å². The molecule has 0 bridgehead atoms. The van der Waals surface area contributed by atoms with Gasteiger partial charge in [-0.1, -0.05) is 0 Å². The van der Waals surface area contributed by atoms with E-state index in [1.807, 2.05) is 0 Å². The Balaban J connectivity index is 1.92. The lowest BCUT2D eigenvalue weighted by Gasteiger charge is -2.06. The van der Waals surface area contributed by atoms with Gasteiger partial charge in [-0.05, 0) is 48.0 Å². The predicted molar refractivity (Wildman–Crippen MR) is 75.0 cm³/mol. The summed E-state index contributed by atoms with van der Waals surface area (Å²) in [6.45, 7) is -2.87. The third-order valence-electron chi connectivity index (χ3n) is 2.48. The minimum atomic E-state index is -2.87. The number of nitrogens with zero attached hydrogens (tertiary/aromatic N) is 1. The maximum Gasteiger partial charge on any atom is 0.387 e. The minimum absolute atomic E-state index is 0.0373. The number of hydrogen-bond acceptors (Lipinski definition) is 3. The zero-order chi connectivity index (χ0) is 15.1. The quantitative estimate of drug-likeness (QED) is 0.859. The molecule has 0 aliphatic rings. The molecule has 0 unspecified atom stereocenters. The predicted octanol–water partition coefficient (Wildman–Crippen LogP) is 3.33. The first-order valence-electron chi connectivity index (χ1n) is 6.07. The Morgan fingerprint density at radius 3 is 2.43 bits per heavy atom. The number of carbonyl (C=O) groups is 1. The second-order valence-electron chi connectivity index (χ2n) is 4.01. The second kappa shape index (κ2) is 7.14. The van der Waals surface area contributed by atoms with E-state index >= 15 is 0 Å². The van der Waals surface area contributed by atoms with Gasteiger partial charge in [-0.3, -0.25) is 9.78 Å². The van der Waals surface area contributed by atoms with E-state index in [2.05, 4.69) is 15.0 Å². The topological polar surface area (TPSA) is 51.2 Å². The highest BCUT2D eigenvalue weighted by Crippen LogP contribution is 2.17. The number of alkyl halides is 2. The number of anilines is 1. The molecule has 1 amide bonds. The number of pyridine rings is 1. The van der Waals surface area contributed by atoms with Gasteiger partial charge >= 0.3 is 6.61 Å². The fourth-order valence-electron chi connectivity index (χ4n) is 1.55. The molecule has 0 aliphatic carbocycles. The van der Waals surface area contributed by atoms with E-state index in [-0.39, 0.29) is 11.7 Å². The van der Waals surface area contributed by atoms with Crippen LogP contribution in [0.25, 0.3) is 6.08 Å². The average Bonchev–Trinajstić information content (AvgIpc) is 2.48. The van der Waals surface area contributed by atoms with Gasteiger partial charge in [0.1, 0.15) is 5.75 Å². The summed E-state index contributed by atoms with van der Waals surface area (Å²) in [4.78, 5) is 15.6. The van der Waals surface area contributed by atoms with E-state index in [1.165, 1.54) is 30.3 Å². The van der Waals surface area contributed by atoms with Crippen molar-refractivity contribution in [3.05, 3.63) is 60.4 Å². The largest absolute Gasteiger partial charge is 0.435 e. The van der Waals surface area contributed by atoms with E-state index in [9.17, 15) is 13.6 Å². The van der Waals surface area contributed by atoms with Crippen LogP contribution in [0.5, 0.6) is 5.75 Å². The highest BCUT2D eigenvalue weighted by molar-refractivity contribution is 6.01. The van der Waals surface area contributed by atoms with Crippen LogP contribution in [-0.4, -0.2) is 17.5 Å². The standard InChI is InChI=1S/C15H12F2N2O2/c16-15(17)21-13-4-2-12(3-5-13)19-14(20)6-1-11-7-9-18-10-8-11/h1-10,15H,(H,19,20)/b6-1+. The van der Waals surface area contributed by atoms with Crippen molar-refractivity contribution in [3.63, 3.8) is 0 Å². The summed E-state index contributed by atoms with van der Waals surface area (Å²) in [6.07, 6.45) is 6.27. The van der Waals surface area contributed by atoms with Gasteiger partial charge in [0.05, 0.1) is 0 Å². The van der Waals surface area contributed by atoms with Crippen molar-refractivity contribution >= 4 is 17.7 Å². The first-order valence-corrected chi connectivity index (χ1v) is 6.07. The Bertz CT molecular complexity index is 613. The molecule has 1 aromatic heterocycles. The van der Waals surface area contributed by atoms with E-state index in [1.54, 1.807) is 30.6 Å². The summed E-state index contributed by atoms with van der Waals surface area (Å²) in [5, 5.41) is 2.61. The maximum atomic E-state index is 12.0. The Morgan fingerprint density at radius 2 is 1.81 bits per heavy atom. The normalized spacial score (nSPS) is 10.8. The molecule has 21 heavy (non-hydrogen) atoms. The summed E-state index contributed by atoms with van der Waals surface area (Å²) >= 11 is 0. The van der Waals surface area contributed by atoms with Crippen molar-refractivity contribution in [3.8, 4) is 5.75 Å². The zero-order valence-corrected chi connectivity index (χ0v) is 10.9. The SMILES string of the molecule is O=C(/C=C/c1ccncc1)Nc1ccc(OC(F)F)cc1. The molecule has 1 heterocycles. The van der Waals surface area contributed by atoms with Crippen molar-refractivity contribution in [2.75, 3.05) is 5.32 Å². The average molecular weight is 290 g/mol. The van der Waals surface area contributed by atoms with Crippen LogP contribution < -0.4 is 10.1 Å². The lowest BCUT2D eigenvalue weighted by molar-refractivity contribution is -0.111. The second-order valence-corrected chi connectivity index (χ2v) is 4.01. The maximum absolute atomic E-state index is 12.0. The van der Waals surface area contributed by atoms with E-state index in [0.29, 0.717) is 5.69 Å². The first kappa shape index (κ1) is 14.6. The minimum Gasteiger partial charge on any atom is -0.435 e. The molecule has 0 aliphatic heterocycles. The van der Waals surface area contributed by atoms with Gasteiger partial charge in [0.2, 0.25) is 5.91 Å². The Hall–Kier alpha value is -2.76. The van der Waals surface area contributed by atoms with Gasteiger partial charge in [0, 0.05) is 24.2 Å². The number of aromatic nitrogens is 1. The fourth-order valence-corrected chi connectivity index (χ4v) is 1.55. The number of carbonyl (C=O) groups excluding carboxylic acids is 1. The van der Waals surface area contributed by atoms with Gasteiger partial charge in [-0.2, -0.15) is 8.78 Å². The molecule has 0 fully saturated rings. The molecule has 1 aromatic carbocycles. The van der Waals surface area contributed by atoms with Crippen molar-refractivity contribution < 1.29 is 18.3 Å². The van der Waals surface area contributed by atoms with Crippen molar-refractivity contribution in [1.82, 2.24) is 4.98 Å². The van der Waals surface area contributed by atoms with Gasteiger partial charge in [-0.25, -0.2) is 0 Å². The molecule has 2 rings (SSSR count). The highest BCUT2D eigenvalue weighted by Gasteiger charge is 2.04. The summed E-state index contributed by atoms with van der Waals surface area (Å²) < 4.78 is 28.2. The Morgan fingerprint density at radius 1 is 1.14 bits per heavy atom. The molecule has 108 valence electrons. The number of benzene rings is 1. The zero-order valence-electron chi connectivity index (χ0n) is 10.9. The van der Waals surface area contributed by atoms with Gasteiger partial charge < -0.3 is 10.1 Å². The molecule has 0 atom stereocenters. The van der Waals surface area contributed by atoms with Gasteiger partial charge in [0.15, 0.2) is 0 Å². The lowest BCUT2D eigenvalue weighted by atomic mass is 10.2. The van der Waals surface area contributed by atoms with Crippen LogP contribution in [0, 0.1) is 0 Å². The van der Waals surface area contributed by atoms with Crippen LogP contribution >= 0.6 is 0 Å². The number of halogens is 2.